The maximum Gasteiger partial charge on any atom is 0.307 e. The summed E-state index contributed by atoms with van der Waals surface area (Å²) in [6, 6.07) is 9.35. The first-order chi connectivity index (χ1) is 12.2. The quantitative estimate of drug-likeness (QED) is 0.789. The Morgan fingerprint density at radius 1 is 1.04 bits per heavy atom. The fourth-order valence-corrected chi connectivity index (χ4v) is 3.43. The van der Waals surface area contributed by atoms with Crippen molar-refractivity contribution in [2.45, 2.75) is 12.8 Å². The molecule has 0 atom stereocenters. The molecule has 25 heavy (non-hydrogen) atoms. The molecule has 6 nitrogen and oxygen atoms in total. The Balaban J connectivity index is 1.72. The van der Waals surface area contributed by atoms with Gasteiger partial charge in [-0.3, -0.25) is 4.79 Å². The Bertz CT molecular complexity index is 1020. The third-order valence-corrected chi connectivity index (χ3v) is 4.57. The normalized spacial score (nSPS) is 14.6. The summed E-state index contributed by atoms with van der Waals surface area (Å²) in [7, 11) is 0. The molecule has 0 unspecified atom stereocenters. The molecule has 0 fully saturated rings. The molecule has 5 rings (SSSR count). The highest BCUT2D eigenvalue weighted by atomic mass is 16.7. The monoisotopic (exact) mass is 338 g/mol. The van der Waals surface area contributed by atoms with Crippen molar-refractivity contribution < 1.29 is 28.5 Å². The van der Waals surface area contributed by atoms with Crippen molar-refractivity contribution >= 4 is 16.9 Å². The van der Waals surface area contributed by atoms with Gasteiger partial charge < -0.3 is 23.7 Å². The summed E-state index contributed by atoms with van der Waals surface area (Å²) in [6.07, 6.45) is 0.712. The second-order valence-corrected chi connectivity index (χ2v) is 6.10. The fourth-order valence-electron chi connectivity index (χ4n) is 3.43. The van der Waals surface area contributed by atoms with Crippen molar-refractivity contribution in [2.24, 2.45) is 0 Å². The number of hydrogen-bond donors (Lipinski definition) is 1. The van der Waals surface area contributed by atoms with Crippen LogP contribution >= 0.6 is 0 Å². The number of furan rings is 1. The Kier molecular flexibility index (Phi) is 2.94. The van der Waals surface area contributed by atoms with Crippen molar-refractivity contribution in [3.05, 3.63) is 41.5 Å². The average molecular weight is 338 g/mol. The first-order valence-electron chi connectivity index (χ1n) is 8.02. The lowest BCUT2D eigenvalue weighted by Crippen LogP contribution is -2.00. The van der Waals surface area contributed by atoms with E-state index in [0.717, 1.165) is 28.7 Å². The van der Waals surface area contributed by atoms with Crippen molar-refractivity contribution in [3.8, 4) is 28.6 Å². The fraction of sp³-hybridized carbons (Fsp3) is 0.211. The van der Waals surface area contributed by atoms with Crippen LogP contribution in [0.2, 0.25) is 0 Å². The highest BCUT2D eigenvalue weighted by Crippen LogP contribution is 2.42. The van der Waals surface area contributed by atoms with E-state index in [2.05, 4.69) is 0 Å². The summed E-state index contributed by atoms with van der Waals surface area (Å²) in [5, 5.41) is 10.1. The van der Waals surface area contributed by atoms with Crippen LogP contribution in [0.25, 0.3) is 22.3 Å². The molecule has 3 heterocycles. The summed E-state index contributed by atoms with van der Waals surface area (Å²) in [5.74, 6) is 1.74. The number of carboxylic acid groups (broad SMARTS) is 1. The second kappa shape index (κ2) is 5.17. The minimum atomic E-state index is -0.911. The van der Waals surface area contributed by atoms with Crippen LogP contribution in [0.3, 0.4) is 0 Å². The SMILES string of the molecule is O=C(O)Cc1c(-c2ccc3c(c2)CCO3)oc2cc3c(cc12)OCO3. The zero-order chi connectivity index (χ0) is 17.0. The first kappa shape index (κ1) is 14.2. The van der Waals surface area contributed by atoms with Crippen LogP contribution in [0.4, 0.5) is 0 Å². The van der Waals surface area contributed by atoms with E-state index in [1.807, 2.05) is 18.2 Å². The number of fused-ring (bicyclic) bond motifs is 3. The molecule has 2 aromatic carbocycles. The molecular weight excluding hydrogens is 324 g/mol. The maximum absolute atomic E-state index is 11.4. The first-order valence-corrected chi connectivity index (χ1v) is 8.02. The largest absolute Gasteiger partial charge is 0.493 e. The number of rotatable bonds is 3. The van der Waals surface area contributed by atoms with Gasteiger partial charge in [-0.25, -0.2) is 0 Å². The molecule has 2 aliphatic heterocycles. The predicted octanol–water partition coefficient (Wildman–Crippen LogP) is 3.39. The van der Waals surface area contributed by atoms with Crippen LogP contribution in [-0.4, -0.2) is 24.5 Å². The zero-order valence-corrected chi connectivity index (χ0v) is 13.2. The Labute approximate surface area is 142 Å². The molecule has 1 aromatic heterocycles. The molecule has 0 radical (unpaired) electrons. The summed E-state index contributed by atoms with van der Waals surface area (Å²) in [5.41, 5.74) is 3.18. The van der Waals surface area contributed by atoms with Gasteiger partial charge in [0.15, 0.2) is 11.5 Å². The summed E-state index contributed by atoms with van der Waals surface area (Å²) in [4.78, 5) is 11.4. The van der Waals surface area contributed by atoms with Crippen LogP contribution in [0.5, 0.6) is 17.2 Å². The van der Waals surface area contributed by atoms with E-state index in [0.29, 0.717) is 35.0 Å². The molecule has 0 spiro atoms. The van der Waals surface area contributed by atoms with Crippen molar-refractivity contribution in [3.63, 3.8) is 0 Å². The van der Waals surface area contributed by atoms with Crippen LogP contribution in [0.1, 0.15) is 11.1 Å². The maximum atomic E-state index is 11.4. The van der Waals surface area contributed by atoms with Gasteiger partial charge in [-0.1, -0.05) is 0 Å². The van der Waals surface area contributed by atoms with Crippen molar-refractivity contribution in [1.29, 1.82) is 0 Å². The van der Waals surface area contributed by atoms with Crippen LogP contribution in [0, 0.1) is 0 Å². The van der Waals surface area contributed by atoms with E-state index >= 15 is 0 Å². The van der Waals surface area contributed by atoms with E-state index in [1.54, 1.807) is 12.1 Å². The minimum Gasteiger partial charge on any atom is -0.493 e. The number of ether oxygens (including phenoxy) is 3. The lowest BCUT2D eigenvalue weighted by molar-refractivity contribution is -0.136. The van der Waals surface area contributed by atoms with Crippen molar-refractivity contribution in [1.82, 2.24) is 0 Å². The summed E-state index contributed by atoms with van der Waals surface area (Å²) in [6.45, 7) is 0.830. The van der Waals surface area contributed by atoms with Gasteiger partial charge in [0.25, 0.3) is 0 Å². The topological polar surface area (TPSA) is 78.1 Å². The zero-order valence-electron chi connectivity index (χ0n) is 13.2. The van der Waals surface area contributed by atoms with Crippen LogP contribution in [-0.2, 0) is 17.6 Å². The minimum absolute atomic E-state index is 0.129. The van der Waals surface area contributed by atoms with E-state index in [-0.39, 0.29) is 13.2 Å². The standard InChI is InChI=1S/C19H14O6/c20-18(21)7-13-12-6-16-17(24-9-23-16)8-15(12)25-19(13)11-1-2-14-10(5-11)3-4-22-14/h1-2,5-6,8H,3-4,7,9H2,(H,20,21). The molecule has 0 saturated carbocycles. The molecule has 3 aromatic rings. The lowest BCUT2D eigenvalue weighted by Gasteiger charge is -2.04. The van der Waals surface area contributed by atoms with Gasteiger partial charge in [0, 0.05) is 29.0 Å². The summed E-state index contributed by atoms with van der Waals surface area (Å²) >= 11 is 0. The van der Waals surface area contributed by atoms with E-state index in [1.165, 1.54) is 0 Å². The molecule has 0 amide bonds. The number of carbonyl (C=O) groups is 1. The van der Waals surface area contributed by atoms with Gasteiger partial charge >= 0.3 is 5.97 Å². The molecule has 0 bridgehead atoms. The van der Waals surface area contributed by atoms with Gasteiger partial charge in [-0.2, -0.15) is 0 Å². The molecule has 2 aliphatic rings. The molecule has 1 N–H and O–H groups in total. The van der Waals surface area contributed by atoms with Gasteiger partial charge in [0.1, 0.15) is 17.1 Å². The third kappa shape index (κ3) is 2.21. The smallest absolute Gasteiger partial charge is 0.307 e. The Hall–Kier alpha value is -3.15. The summed E-state index contributed by atoms with van der Waals surface area (Å²) < 4.78 is 22.4. The highest BCUT2D eigenvalue weighted by molar-refractivity contribution is 5.93. The predicted molar refractivity (Wildman–Crippen MR) is 88.3 cm³/mol. The van der Waals surface area contributed by atoms with Crippen LogP contribution < -0.4 is 14.2 Å². The number of benzene rings is 2. The highest BCUT2D eigenvalue weighted by Gasteiger charge is 2.24. The molecular formula is C19H14O6. The van der Waals surface area contributed by atoms with Crippen molar-refractivity contribution in [2.75, 3.05) is 13.4 Å². The Morgan fingerprint density at radius 3 is 2.72 bits per heavy atom. The number of carboxylic acids is 1. The average Bonchev–Trinajstić information content (AvgIpc) is 3.30. The van der Waals surface area contributed by atoms with Gasteiger partial charge in [0.2, 0.25) is 6.79 Å². The van der Waals surface area contributed by atoms with E-state index in [9.17, 15) is 9.90 Å². The number of hydrogen-bond acceptors (Lipinski definition) is 5. The van der Waals surface area contributed by atoms with Gasteiger partial charge in [0.05, 0.1) is 13.0 Å². The number of aliphatic carboxylic acids is 1. The molecule has 0 saturated heterocycles. The second-order valence-electron chi connectivity index (χ2n) is 6.10. The lowest BCUT2D eigenvalue weighted by atomic mass is 10.0. The Morgan fingerprint density at radius 2 is 1.88 bits per heavy atom. The molecule has 6 heteroatoms. The van der Waals surface area contributed by atoms with Gasteiger partial charge in [-0.15, -0.1) is 0 Å². The van der Waals surface area contributed by atoms with Crippen LogP contribution in [0.15, 0.2) is 34.7 Å². The van der Waals surface area contributed by atoms with Gasteiger partial charge in [-0.05, 0) is 29.8 Å². The van der Waals surface area contributed by atoms with E-state index in [4.69, 9.17) is 18.6 Å². The van der Waals surface area contributed by atoms with E-state index < -0.39 is 5.97 Å². The third-order valence-electron chi connectivity index (χ3n) is 4.57. The molecule has 0 aliphatic carbocycles. The molecule has 126 valence electrons.